The summed E-state index contributed by atoms with van der Waals surface area (Å²) in [6, 6.07) is 17.3. The number of rotatable bonds is 6. The van der Waals surface area contributed by atoms with Gasteiger partial charge in [0.2, 0.25) is 0 Å². The Morgan fingerprint density at radius 3 is 2.38 bits per heavy atom. The molecule has 6 nitrogen and oxygen atoms in total. The molecule has 0 atom stereocenters. The summed E-state index contributed by atoms with van der Waals surface area (Å²) in [5, 5.41) is 2.85. The minimum atomic E-state index is -0.277. The van der Waals surface area contributed by atoms with Gasteiger partial charge in [0.1, 0.15) is 23.9 Å². The number of hydrogen-bond donors (Lipinski definition) is 1. The third-order valence-electron chi connectivity index (χ3n) is 4.91. The number of aromatic nitrogens is 2. The second-order valence-electron chi connectivity index (χ2n) is 7.06. The predicted molar refractivity (Wildman–Crippen MR) is 113 cm³/mol. The number of piperidine rings is 1. The topological polar surface area (TPSA) is 67.3 Å². The number of amides is 1. The minimum absolute atomic E-state index is 0.277. The fraction of sp³-hybridized carbons (Fsp3) is 0.261. The van der Waals surface area contributed by atoms with Gasteiger partial charge in [0.15, 0.2) is 0 Å². The van der Waals surface area contributed by atoms with Crippen LogP contribution in [0.4, 0.5) is 11.5 Å². The molecule has 29 heavy (non-hydrogen) atoms. The Morgan fingerprint density at radius 1 is 0.931 bits per heavy atom. The van der Waals surface area contributed by atoms with Gasteiger partial charge in [-0.25, -0.2) is 9.97 Å². The van der Waals surface area contributed by atoms with E-state index in [0.717, 1.165) is 30.2 Å². The Labute approximate surface area is 170 Å². The molecule has 2 aromatic carbocycles. The number of nitrogens with zero attached hydrogens (tertiary/aromatic N) is 3. The second-order valence-corrected chi connectivity index (χ2v) is 7.06. The van der Waals surface area contributed by atoms with Crippen LogP contribution in [0.1, 0.15) is 35.3 Å². The summed E-state index contributed by atoms with van der Waals surface area (Å²) in [5.74, 6) is 1.30. The van der Waals surface area contributed by atoms with Crippen molar-refractivity contribution in [1.29, 1.82) is 0 Å². The average molecular weight is 388 g/mol. The van der Waals surface area contributed by atoms with Crippen LogP contribution >= 0.6 is 0 Å². The Kier molecular flexibility index (Phi) is 6.00. The molecule has 1 saturated heterocycles. The maximum Gasteiger partial charge on any atom is 0.275 e. The zero-order valence-corrected chi connectivity index (χ0v) is 16.3. The van der Waals surface area contributed by atoms with E-state index in [9.17, 15) is 4.79 Å². The van der Waals surface area contributed by atoms with Crippen molar-refractivity contribution in [3.8, 4) is 5.75 Å². The highest BCUT2D eigenvalue weighted by Gasteiger charge is 2.14. The standard InChI is InChI=1S/C23H24N4O2/c28-23(21-15-25-22(16-24-21)27-13-5-2-6-14-27)26-19-9-11-20(12-10-19)29-17-18-7-3-1-4-8-18/h1,3-4,7-12,15-16H,2,5-6,13-14,17H2,(H,26,28). The quantitative estimate of drug-likeness (QED) is 0.682. The molecule has 1 amide bonds. The molecule has 1 aromatic heterocycles. The first-order valence-electron chi connectivity index (χ1n) is 9.93. The van der Waals surface area contributed by atoms with E-state index in [2.05, 4.69) is 20.2 Å². The molecule has 1 fully saturated rings. The molecular weight excluding hydrogens is 364 g/mol. The van der Waals surface area contributed by atoms with Crippen molar-refractivity contribution in [3.05, 3.63) is 78.2 Å². The number of ether oxygens (including phenoxy) is 1. The summed E-state index contributed by atoms with van der Waals surface area (Å²) in [5.41, 5.74) is 2.09. The highest BCUT2D eigenvalue weighted by atomic mass is 16.5. The van der Waals surface area contributed by atoms with E-state index >= 15 is 0 Å². The first kappa shape index (κ1) is 18.9. The predicted octanol–water partition coefficient (Wildman–Crippen LogP) is 4.30. The molecule has 148 valence electrons. The monoisotopic (exact) mass is 388 g/mol. The smallest absolute Gasteiger partial charge is 0.275 e. The first-order chi connectivity index (χ1) is 14.3. The zero-order chi connectivity index (χ0) is 19.9. The third kappa shape index (κ3) is 5.10. The van der Waals surface area contributed by atoms with E-state index in [1.807, 2.05) is 54.6 Å². The molecular formula is C23H24N4O2. The van der Waals surface area contributed by atoms with Gasteiger partial charge in [0.05, 0.1) is 12.4 Å². The summed E-state index contributed by atoms with van der Waals surface area (Å²) in [6.45, 7) is 2.50. The van der Waals surface area contributed by atoms with Crippen molar-refractivity contribution in [2.75, 3.05) is 23.3 Å². The molecule has 0 spiro atoms. The van der Waals surface area contributed by atoms with Crippen LogP contribution in [0.15, 0.2) is 67.0 Å². The highest BCUT2D eigenvalue weighted by molar-refractivity contribution is 6.02. The summed E-state index contributed by atoms with van der Waals surface area (Å²) in [7, 11) is 0. The van der Waals surface area contributed by atoms with Gasteiger partial charge in [-0.3, -0.25) is 4.79 Å². The molecule has 1 N–H and O–H groups in total. The van der Waals surface area contributed by atoms with Crippen LogP contribution in [-0.4, -0.2) is 29.0 Å². The first-order valence-corrected chi connectivity index (χ1v) is 9.93. The van der Waals surface area contributed by atoms with Gasteiger partial charge in [0, 0.05) is 18.8 Å². The van der Waals surface area contributed by atoms with Crippen molar-refractivity contribution in [2.45, 2.75) is 25.9 Å². The lowest BCUT2D eigenvalue weighted by molar-refractivity contribution is 0.102. The van der Waals surface area contributed by atoms with Crippen molar-refractivity contribution in [1.82, 2.24) is 9.97 Å². The summed E-state index contributed by atoms with van der Waals surface area (Å²) in [4.78, 5) is 23.4. The minimum Gasteiger partial charge on any atom is -0.489 e. The van der Waals surface area contributed by atoms with Gasteiger partial charge < -0.3 is 15.0 Å². The zero-order valence-electron chi connectivity index (χ0n) is 16.3. The molecule has 1 aliphatic heterocycles. The number of hydrogen-bond acceptors (Lipinski definition) is 5. The van der Waals surface area contributed by atoms with E-state index in [-0.39, 0.29) is 5.91 Å². The van der Waals surface area contributed by atoms with Gasteiger partial charge in [-0.1, -0.05) is 30.3 Å². The number of anilines is 2. The molecule has 0 bridgehead atoms. The summed E-state index contributed by atoms with van der Waals surface area (Å²) >= 11 is 0. The van der Waals surface area contributed by atoms with E-state index in [1.165, 1.54) is 25.5 Å². The van der Waals surface area contributed by atoms with Crippen LogP contribution in [0, 0.1) is 0 Å². The molecule has 6 heteroatoms. The van der Waals surface area contributed by atoms with Gasteiger partial charge in [-0.15, -0.1) is 0 Å². The maximum atomic E-state index is 12.4. The largest absolute Gasteiger partial charge is 0.489 e. The Bertz CT molecular complexity index is 921. The van der Waals surface area contributed by atoms with Gasteiger partial charge >= 0.3 is 0 Å². The molecule has 3 aromatic rings. The van der Waals surface area contributed by atoms with Crippen LogP contribution in [0.25, 0.3) is 0 Å². The van der Waals surface area contributed by atoms with Crippen molar-refractivity contribution in [3.63, 3.8) is 0 Å². The lowest BCUT2D eigenvalue weighted by atomic mass is 10.1. The van der Waals surface area contributed by atoms with Crippen LogP contribution in [0.5, 0.6) is 5.75 Å². The van der Waals surface area contributed by atoms with E-state index < -0.39 is 0 Å². The fourth-order valence-electron chi connectivity index (χ4n) is 3.30. The second kappa shape index (κ2) is 9.19. The molecule has 0 radical (unpaired) electrons. The average Bonchev–Trinajstić information content (AvgIpc) is 2.80. The number of carbonyl (C=O) groups is 1. The normalized spacial score (nSPS) is 13.7. The van der Waals surface area contributed by atoms with Crippen LogP contribution in [0.3, 0.4) is 0 Å². The van der Waals surface area contributed by atoms with Crippen LogP contribution in [-0.2, 0) is 6.61 Å². The Morgan fingerprint density at radius 2 is 1.69 bits per heavy atom. The van der Waals surface area contributed by atoms with Gasteiger partial charge in [-0.2, -0.15) is 0 Å². The van der Waals surface area contributed by atoms with Crippen LogP contribution in [0.2, 0.25) is 0 Å². The summed E-state index contributed by atoms with van der Waals surface area (Å²) in [6.07, 6.45) is 6.84. The Hall–Kier alpha value is -3.41. The van der Waals surface area contributed by atoms with Gasteiger partial charge in [-0.05, 0) is 49.1 Å². The lowest BCUT2D eigenvalue weighted by Gasteiger charge is -2.27. The molecule has 4 rings (SSSR count). The lowest BCUT2D eigenvalue weighted by Crippen LogP contribution is -2.30. The SMILES string of the molecule is O=C(Nc1ccc(OCc2ccccc2)cc1)c1cnc(N2CCCCC2)cn1. The molecule has 1 aliphatic rings. The molecule has 2 heterocycles. The van der Waals surface area contributed by atoms with E-state index in [1.54, 1.807) is 6.20 Å². The van der Waals surface area contributed by atoms with E-state index in [4.69, 9.17) is 4.74 Å². The van der Waals surface area contributed by atoms with E-state index in [0.29, 0.717) is 18.0 Å². The molecule has 0 aliphatic carbocycles. The third-order valence-corrected chi connectivity index (χ3v) is 4.91. The van der Waals surface area contributed by atoms with Crippen molar-refractivity contribution >= 4 is 17.4 Å². The Balaban J connectivity index is 1.32. The molecule has 0 saturated carbocycles. The number of carbonyl (C=O) groups excluding carboxylic acids is 1. The van der Waals surface area contributed by atoms with Gasteiger partial charge in [0.25, 0.3) is 5.91 Å². The number of nitrogens with one attached hydrogen (secondary N) is 1. The summed E-state index contributed by atoms with van der Waals surface area (Å²) < 4.78 is 5.77. The highest BCUT2D eigenvalue weighted by Crippen LogP contribution is 2.19. The molecule has 0 unspecified atom stereocenters. The van der Waals surface area contributed by atoms with Crippen molar-refractivity contribution in [2.24, 2.45) is 0 Å². The number of benzene rings is 2. The maximum absolute atomic E-state index is 12.4. The van der Waals surface area contributed by atoms with Crippen molar-refractivity contribution < 1.29 is 9.53 Å². The van der Waals surface area contributed by atoms with Crippen LogP contribution < -0.4 is 15.0 Å². The fourth-order valence-corrected chi connectivity index (χ4v) is 3.30.